The third kappa shape index (κ3) is 10.4. The number of hydrogen-bond donors (Lipinski definition) is 3. The van der Waals surface area contributed by atoms with Crippen molar-refractivity contribution in [3.63, 3.8) is 0 Å². The SMILES string of the molecule is O=C(O)CC(C(=O)O[SH](=O)=O)S(=O)(=O)O.[NaH].[NaH]. The van der Waals surface area contributed by atoms with E-state index in [9.17, 15) is 26.4 Å². The molecule has 0 aromatic carbocycles. The molecule has 2 N–H and O–H groups in total. The van der Waals surface area contributed by atoms with E-state index >= 15 is 0 Å². The van der Waals surface area contributed by atoms with E-state index in [-0.39, 0.29) is 59.1 Å². The van der Waals surface area contributed by atoms with Crippen LogP contribution in [0.2, 0.25) is 0 Å². The topological polar surface area (TPSA) is 152 Å². The van der Waals surface area contributed by atoms with Gasteiger partial charge in [0, 0.05) is 0 Å². The van der Waals surface area contributed by atoms with E-state index in [0.29, 0.717) is 0 Å². The van der Waals surface area contributed by atoms with Crippen LogP contribution < -0.4 is 0 Å². The summed E-state index contributed by atoms with van der Waals surface area (Å²) in [6.45, 7) is 0. The number of carboxylic acid groups (broad SMARTS) is 1. The predicted molar refractivity (Wildman–Crippen MR) is 58.3 cm³/mol. The van der Waals surface area contributed by atoms with Crippen molar-refractivity contribution in [2.75, 3.05) is 0 Å². The summed E-state index contributed by atoms with van der Waals surface area (Å²) >= 11 is 0. The Kier molecular flexibility index (Phi) is 13.1. The Morgan fingerprint density at radius 3 is 1.88 bits per heavy atom. The Morgan fingerprint density at radius 2 is 1.65 bits per heavy atom. The summed E-state index contributed by atoms with van der Waals surface area (Å²) in [6, 6.07) is 0. The molecule has 0 aliphatic rings. The molecular weight excluding hydrogens is 302 g/mol. The molecule has 0 amide bonds. The fourth-order valence-corrected chi connectivity index (χ4v) is 1.59. The van der Waals surface area contributed by atoms with E-state index < -0.39 is 44.7 Å². The quantitative estimate of drug-likeness (QED) is 0.266. The number of aliphatic carboxylic acids is 1. The average molecular weight is 310 g/mol. The number of rotatable bonds is 5. The van der Waals surface area contributed by atoms with Crippen molar-refractivity contribution in [3.8, 4) is 0 Å². The van der Waals surface area contributed by atoms with Crippen LogP contribution in [0.4, 0.5) is 0 Å². The number of thiol groups is 1. The number of carbonyl (C=O) groups excluding carboxylic acids is 1. The summed E-state index contributed by atoms with van der Waals surface area (Å²) in [5.74, 6) is -3.58. The van der Waals surface area contributed by atoms with Crippen LogP contribution in [-0.4, -0.2) is 103 Å². The molecule has 0 saturated heterocycles. The molecule has 0 aromatic heterocycles. The van der Waals surface area contributed by atoms with E-state index in [2.05, 4.69) is 4.18 Å². The molecule has 0 aliphatic heterocycles. The molecule has 1 atom stereocenters. The normalized spacial score (nSPS) is 11.9. The Hall–Kier alpha value is 0.800. The molecule has 17 heavy (non-hydrogen) atoms. The van der Waals surface area contributed by atoms with Crippen molar-refractivity contribution in [2.45, 2.75) is 11.7 Å². The van der Waals surface area contributed by atoms with Gasteiger partial charge in [0.15, 0.2) is 5.25 Å². The second-order valence-electron chi connectivity index (χ2n) is 2.24. The summed E-state index contributed by atoms with van der Waals surface area (Å²) in [5.41, 5.74) is 0. The molecule has 13 heteroatoms. The number of carbonyl (C=O) groups is 2. The van der Waals surface area contributed by atoms with Crippen LogP contribution in [0.1, 0.15) is 6.42 Å². The first-order chi connectivity index (χ1) is 6.64. The number of hydrogen-bond acceptors (Lipinski definition) is 7. The van der Waals surface area contributed by atoms with Crippen molar-refractivity contribution in [3.05, 3.63) is 0 Å². The van der Waals surface area contributed by atoms with E-state index in [1.807, 2.05) is 0 Å². The predicted octanol–water partition coefficient (Wildman–Crippen LogP) is -3.51. The third-order valence-electron chi connectivity index (χ3n) is 1.15. The van der Waals surface area contributed by atoms with Gasteiger partial charge in [-0.25, -0.2) is 4.79 Å². The van der Waals surface area contributed by atoms with Gasteiger partial charge >= 0.3 is 82.0 Å². The van der Waals surface area contributed by atoms with Gasteiger partial charge in [0.25, 0.3) is 10.1 Å². The zero-order valence-corrected chi connectivity index (χ0v) is 8.60. The van der Waals surface area contributed by atoms with E-state index in [1.165, 1.54) is 0 Å². The molecule has 1 unspecified atom stereocenters. The minimum atomic E-state index is -5.03. The van der Waals surface area contributed by atoms with Gasteiger partial charge in [-0.05, 0) is 0 Å². The fourth-order valence-electron chi connectivity index (χ4n) is 0.601. The van der Waals surface area contributed by atoms with Gasteiger partial charge < -0.3 is 9.29 Å². The molecule has 0 aliphatic carbocycles. The van der Waals surface area contributed by atoms with Gasteiger partial charge in [0.05, 0.1) is 6.42 Å². The molecule has 0 aromatic rings. The average Bonchev–Trinajstić information content (AvgIpc) is 1.95. The molecule has 0 rings (SSSR count). The molecule has 9 nitrogen and oxygen atoms in total. The van der Waals surface area contributed by atoms with E-state index in [0.717, 1.165) is 0 Å². The van der Waals surface area contributed by atoms with E-state index in [4.69, 9.17) is 9.66 Å². The monoisotopic (exact) mass is 310 g/mol. The van der Waals surface area contributed by atoms with Gasteiger partial charge in [0.1, 0.15) is 0 Å². The summed E-state index contributed by atoms with van der Waals surface area (Å²) in [4.78, 5) is 20.8. The first-order valence-electron chi connectivity index (χ1n) is 3.19. The first-order valence-corrected chi connectivity index (χ1v) is 5.78. The molecule has 0 bridgehead atoms. The molecule has 0 fully saturated rings. The summed E-state index contributed by atoms with van der Waals surface area (Å²) in [5, 5.41) is 5.74. The van der Waals surface area contributed by atoms with Crippen LogP contribution in [0, 0.1) is 0 Å². The van der Waals surface area contributed by atoms with Crippen LogP contribution in [0.5, 0.6) is 0 Å². The van der Waals surface area contributed by atoms with Crippen LogP contribution in [-0.2, 0) is 34.9 Å². The molecule has 0 heterocycles. The summed E-state index contributed by atoms with van der Waals surface area (Å²) < 4.78 is 52.6. The summed E-state index contributed by atoms with van der Waals surface area (Å²) in [6.07, 6.45) is -1.29. The number of carboxylic acids is 1. The first kappa shape index (κ1) is 22.9. The second kappa shape index (κ2) is 9.69. The van der Waals surface area contributed by atoms with Gasteiger partial charge in [-0.15, -0.1) is 0 Å². The van der Waals surface area contributed by atoms with Gasteiger partial charge in [0.2, 0.25) is 0 Å². The Labute approximate surface area is 142 Å². The molecule has 92 valence electrons. The Bertz CT molecular complexity index is 430. The fraction of sp³-hybridized carbons (Fsp3) is 0.500. The van der Waals surface area contributed by atoms with Crippen LogP contribution in [0.25, 0.3) is 0 Å². The maximum absolute atomic E-state index is 10.7. The minimum absolute atomic E-state index is 0. The van der Waals surface area contributed by atoms with Crippen LogP contribution in [0.15, 0.2) is 0 Å². The van der Waals surface area contributed by atoms with Crippen LogP contribution in [0.3, 0.4) is 0 Å². The van der Waals surface area contributed by atoms with Gasteiger partial charge in [-0.3, -0.25) is 9.35 Å². The maximum atomic E-state index is 10.7. The van der Waals surface area contributed by atoms with Crippen molar-refractivity contribution < 1.29 is 40.3 Å². The zero-order valence-electron chi connectivity index (χ0n) is 6.89. The Morgan fingerprint density at radius 1 is 1.24 bits per heavy atom. The van der Waals surface area contributed by atoms with Crippen molar-refractivity contribution in [1.82, 2.24) is 0 Å². The molecule has 0 spiro atoms. The van der Waals surface area contributed by atoms with Crippen LogP contribution >= 0.6 is 0 Å². The standard InChI is InChI=1S/C4H6O9S2.2Na.2H/c5-3(6)1-2(15(10,11)12)4(7)13-14(8)9;;;;/h2,14H,1H2,(H,5,6)(H,10,11,12);;;;. The van der Waals surface area contributed by atoms with Crippen molar-refractivity contribution >= 4 is 92.2 Å². The second-order valence-corrected chi connectivity index (χ2v) is 4.46. The third-order valence-corrected chi connectivity index (χ3v) is 2.55. The molecule has 0 radical (unpaired) electrons. The van der Waals surface area contributed by atoms with Gasteiger partial charge in [-0.2, -0.15) is 16.8 Å². The molecule has 0 saturated carbocycles. The summed E-state index contributed by atoms with van der Waals surface area (Å²) in [7, 11) is -8.69. The Balaban J connectivity index is -0.000000980. The molecular formula is C4H8Na2O9S2. The van der Waals surface area contributed by atoms with Crippen molar-refractivity contribution in [1.29, 1.82) is 0 Å². The van der Waals surface area contributed by atoms with Gasteiger partial charge in [-0.1, -0.05) is 0 Å². The van der Waals surface area contributed by atoms with Crippen molar-refractivity contribution in [2.24, 2.45) is 0 Å². The zero-order chi connectivity index (χ0) is 12.2. The van der Waals surface area contributed by atoms with E-state index in [1.54, 1.807) is 0 Å².